The van der Waals surface area contributed by atoms with E-state index in [0.717, 1.165) is 30.4 Å². The Morgan fingerprint density at radius 2 is 1.41 bits per heavy atom. The molecule has 3 heteroatoms. The number of hydrogen-bond acceptors (Lipinski definition) is 3. The summed E-state index contributed by atoms with van der Waals surface area (Å²) in [7, 11) is 0. The van der Waals surface area contributed by atoms with Crippen LogP contribution in [0.4, 0.5) is 0 Å². The van der Waals surface area contributed by atoms with Gasteiger partial charge in [-0.1, -0.05) is 36.8 Å². The van der Waals surface area contributed by atoms with Gasteiger partial charge in [-0.3, -0.25) is 0 Å². The van der Waals surface area contributed by atoms with Gasteiger partial charge in [-0.25, -0.2) is 0 Å². The summed E-state index contributed by atoms with van der Waals surface area (Å²) in [4.78, 5) is 0. The zero-order valence-electron chi connectivity index (χ0n) is 16.7. The molecule has 0 amide bonds. The van der Waals surface area contributed by atoms with Gasteiger partial charge in [0.2, 0.25) is 0 Å². The molecule has 2 aromatic rings. The van der Waals surface area contributed by atoms with Crippen molar-refractivity contribution in [2.45, 2.75) is 58.7 Å². The Labute approximate surface area is 163 Å². The zero-order valence-corrected chi connectivity index (χ0v) is 16.7. The molecule has 3 nitrogen and oxygen atoms in total. The molecule has 1 aliphatic carbocycles. The van der Waals surface area contributed by atoms with Crippen LogP contribution < -0.4 is 9.47 Å². The van der Waals surface area contributed by atoms with E-state index in [0.29, 0.717) is 19.3 Å². The van der Waals surface area contributed by atoms with E-state index in [4.69, 9.17) is 14.2 Å². The molecule has 146 valence electrons. The lowest BCUT2D eigenvalue weighted by molar-refractivity contribution is 0.0146. The molecule has 0 saturated heterocycles. The summed E-state index contributed by atoms with van der Waals surface area (Å²) < 4.78 is 17.6. The fourth-order valence-electron chi connectivity index (χ4n) is 3.38. The highest BCUT2D eigenvalue weighted by Gasteiger charge is 2.18. The molecule has 0 radical (unpaired) electrons. The summed E-state index contributed by atoms with van der Waals surface area (Å²) in [6.07, 6.45) is 6.43. The summed E-state index contributed by atoms with van der Waals surface area (Å²) in [5, 5.41) is 0. The molecular formula is C24H32O3. The fraction of sp³-hybridized carbons (Fsp3) is 0.500. The first-order chi connectivity index (χ1) is 13.2. The van der Waals surface area contributed by atoms with Crippen LogP contribution in [0.1, 0.15) is 50.2 Å². The largest absolute Gasteiger partial charge is 0.494 e. The second-order valence-electron chi connectivity index (χ2n) is 7.70. The van der Waals surface area contributed by atoms with E-state index in [1.807, 2.05) is 24.3 Å². The van der Waals surface area contributed by atoms with Crippen molar-refractivity contribution in [3.8, 4) is 11.5 Å². The molecule has 1 fully saturated rings. The molecule has 0 heterocycles. The lowest BCUT2D eigenvalue weighted by atomic mass is 9.89. The van der Waals surface area contributed by atoms with Crippen molar-refractivity contribution >= 4 is 0 Å². The monoisotopic (exact) mass is 368 g/mol. The summed E-state index contributed by atoms with van der Waals surface area (Å²) in [5.74, 6) is 2.61. The molecule has 0 unspecified atom stereocenters. The van der Waals surface area contributed by atoms with Gasteiger partial charge in [0.1, 0.15) is 18.1 Å². The number of aryl methyl sites for hydroxylation is 1. The lowest BCUT2D eigenvalue weighted by Gasteiger charge is -2.26. The zero-order chi connectivity index (χ0) is 18.9. The third-order valence-corrected chi connectivity index (χ3v) is 5.22. The molecule has 1 saturated carbocycles. The molecule has 3 rings (SSSR count). The molecule has 2 aromatic carbocycles. The van der Waals surface area contributed by atoms with E-state index < -0.39 is 0 Å². The Bertz CT molecular complexity index is 655. The van der Waals surface area contributed by atoms with Crippen LogP contribution in [0.25, 0.3) is 0 Å². The average Bonchev–Trinajstić information content (AvgIpc) is 2.70. The van der Waals surface area contributed by atoms with Crippen molar-refractivity contribution in [1.29, 1.82) is 0 Å². The number of ether oxygens (including phenoxy) is 3. The smallest absolute Gasteiger partial charge is 0.120 e. The summed E-state index contributed by atoms with van der Waals surface area (Å²) in [6, 6.07) is 16.3. The minimum atomic E-state index is 0.464. The van der Waals surface area contributed by atoms with Gasteiger partial charge < -0.3 is 14.2 Å². The van der Waals surface area contributed by atoms with Crippen LogP contribution in [-0.4, -0.2) is 19.3 Å². The molecule has 1 aliphatic rings. The minimum Gasteiger partial charge on any atom is -0.494 e. The maximum Gasteiger partial charge on any atom is 0.120 e. The van der Waals surface area contributed by atoms with Crippen LogP contribution in [-0.2, 0) is 11.3 Å². The van der Waals surface area contributed by atoms with Crippen LogP contribution in [0.15, 0.2) is 48.5 Å². The van der Waals surface area contributed by atoms with Gasteiger partial charge in [0, 0.05) is 6.42 Å². The van der Waals surface area contributed by atoms with Crippen molar-refractivity contribution in [2.75, 3.05) is 13.2 Å². The highest BCUT2D eigenvalue weighted by Crippen LogP contribution is 2.25. The van der Waals surface area contributed by atoms with Crippen molar-refractivity contribution < 1.29 is 14.2 Å². The number of benzene rings is 2. The van der Waals surface area contributed by atoms with Crippen LogP contribution in [0.3, 0.4) is 0 Å². The van der Waals surface area contributed by atoms with Gasteiger partial charge in [0.05, 0.1) is 19.3 Å². The first kappa shape index (κ1) is 19.8. The van der Waals surface area contributed by atoms with E-state index in [1.54, 1.807) is 0 Å². The maximum atomic E-state index is 5.97. The Morgan fingerprint density at radius 1 is 0.778 bits per heavy atom. The van der Waals surface area contributed by atoms with Gasteiger partial charge in [-0.2, -0.15) is 0 Å². The highest BCUT2D eigenvalue weighted by atomic mass is 16.5. The van der Waals surface area contributed by atoms with Crippen LogP contribution in [0, 0.1) is 12.8 Å². The maximum absolute atomic E-state index is 5.97. The lowest BCUT2D eigenvalue weighted by Crippen LogP contribution is -2.21. The Morgan fingerprint density at radius 3 is 2.07 bits per heavy atom. The molecule has 0 aliphatic heterocycles. The standard InChI is InChI=1S/C24H32O3/c1-19-4-8-21(9-5-19)18-27-24-14-12-23(13-15-24)26-17-3-16-25-22-10-6-20(2)7-11-22/h4-5,8-9,12-15,20,22H,3,6-7,10-11,16-18H2,1-2H3. The Hall–Kier alpha value is -2.00. The van der Waals surface area contributed by atoms with Gasteiger partial charge in [0.25, 0.3) is 0 Å². The summed E-state index contributed by atoms with van der Waals surface area (Å²) >= 11 is 0. The Balaban J connectivity index is 1.30. The Kier molecular flexibility index (Phi) is 7.58. The number of rotatable bonds is 9. The first-order valence-corrected chi connectivity index (χ1v) is 10.2. The van der Waals surface area contributed by atoms with Crippen molar-refractivity contribution in [1.82, 2.24) is 0 Å². The van der Waals surface area contributed by atoms with Crippen LogP contribution in [0.5, 0.6) is 11.5 Å². The third-order valence-electron chi connectivity index (χ3n) is 5.22. The van der Waals surface area contributed by atoms with E-state index in [2.05, 4.69) is 38.1 Å². The van der Waals surface area contributed by atoms with Crippen molar-refractivity contribution in [3.05, 3.63) is 59.7 Å². The summed E-state index contributed by atoms with van der Waals surface area (Å²) in [5.41, 5.74) is 2.44. The van der Waals surface area contributed by atoms with Crippen LogP contribution >= 0.6 is 0 Å². The molecule has 27 heavy (non-hydrogen) atoms. The second-order valence-corrected chi connectivity index (χ2v) is 7.70. The van der Waals surface area contributed by atoms with E-state index in [-0.39, 0.29) is 0 Å². The van der Waals surface area contributed by atoms with Gasteiger partial charge >= 0.3 is 0 Å². The average molecular weight is 369 g/mol. The van der Waals surface area contributed by atoms with Gasteiger partial charge in [0.15, 0.2) is 0 Å². The number of hydrogen-bond donors (Lipinski definition) is 0. The van der Waals surface area contributed by atoms with Gasteiger partial charge in [-0.05, 0) is 68.4 Å². The fourth-order valence-corrected chi connectivity index (χ4v) is 3.38. The van der Waals surface area contributed by atoms with E-state index in [1.165, 1.54) is 36.8 Å². The molecule has 0 atom stereocenters. The van der Waals surface area contributed by atoms with E-state index >= 15 is 0 Å². The SMILES string of the molecule is Cc1ccc(COc2ccc(OCCCOC3CCC(C)CC3)cc2)cc1. The topological polar surface area (TPSA) is 27.7 Å². The van der Waals surface area contributed by atoms with Crippen molar-refractivity contribution in [2.24, 2.45) is 5.92 Å². The minimum absolute atomic E-state index is 0.464. The first-order valence-electron chi connectivity index (χ1n) is 10.2. The summed E-state index contributed by atoms with van der Waals surface area (Å²) in [6.45, 7) is 6.48. The molecule has 0 bridgehead atoms. The van der Waals surface area contributed by atoms with Crippen LogP contribution in [0.2, 0.25) is 0 Å². The second kappa shape index (κ2) is 10.4. The molecule has 0 N–H and O–H groups in total. The normalized spacial score (nSPS) is 19.6. The van der Waals surface area contributed by atoms with Gasteiger partial charge in [-0.15, -0.1) is 0 Å². The highest BCUT2D eigenvalue weighted by molar-refractivity contribution is 5.31. The molecule has 0 spiro atoms. The van der Waals surface area contributed by atoms with Crippen molar-refractivity contribution in [3.63, 3.8) is 0 Å². The van der Waals surface area contributed by atoms with E-state index in [9.17, 15) is 0 Å². The third kappa shape index (κ3) is 6.91. The quantitative estimate of drug-likeness (QED) is 0.513. The predicted molar refractivity (Wildman–Crippen MR) is 109 cm³/mol. The molecular weight excluding hydrogens is 336 g/mol. The molecule has 0 aromatic heterocycles. The predicted octanol–water partition coefficient (Wildman–Crippen LogP) is 5.94.